The lowest BCUT2D eigenvalue weighted by Gasteiger charge is -2.32. The van der Waals surface area contributed by atoms with Crippen molar-refractivity contribution in [1.29, 1.82) is 0 Å². The minimum absolute atomic E-state index is 0.282. The molecular formula is C11H13NO2. The van der Waals surface area contributed by atoms with E-state index in [-0.39, 0.29) is 5.92 Å². The van der Waals surface area contributed by atoms with Gasteiger partial charge in [-0.15, -0.1) is 0 Å². The molecule has 4 rings (SSSR count). The first-order valence-corrected chi connectivity index (χ1v) is 5.12. The highest BCUT2D eigenvalue weighted by Gasteiger charge is 2.49. The molecule has 1 saturated carbocycles. The van der Waals surface area contributed by atoms with Crippen LogP contribution in [0.1, 0.15) is 12.0 Å². The summed E-state index contributed by atoms with van der Waals surface area (Å²) in [5.74, 6) is 1.27. The van der Waals surface area contributed by atoms with Crippen molar-refractivity contribution in [3.63, 3.8) is 0 Å². The third kappa shape index (κ3) is 1.12. The van der Waals surface area contributed by atoms with Gasteiger partial charge in [0.25, 0.3) is 0 Å². The zero-order valence-electron chi connectivity index (χ0n) is 7.90. The van der Waals surface area contributed by atoms with Crippen LogP contribution < -0.4 is 5.32 Å². The summed E-state index contributed by atoms with van der Waals surface area (Å²) in [5, 5.41) is 3.36. The monoisotopic (exact) mass is 191 g/mol. The third-order valence-corrected chi connectivity index (χ3v) is 3.47. The van der Waals surface area contributed by atoms with Crippen LogP contribution in [-0.2, 0) is 11.2 Å². The maximum Gasteiger partial charge on any atom is 0.142 e. The average Bonchev–Trinajstić information content (AvgIpc) is 2.77. The quantitative estimate of drug-likeness (QED) is 0.775. The van der Waals surface area contributed by atoms with E-state index in [0.717, 1.165) is 12.1 Å². The highest BCUT2D eigenvalue weighted by molar-refractivity contribution is 5.85. The maximum absolute atomic E-state index is 11.9. The minimum Gasteiger partial charge on any atom is -0.472 e. The van der Waals surface area contributed by atoms with Gasteiger partial charge in [-0.1, -0.05) is 0 Å². The number of rotatable bonds is 3. The van der Waals surface area contributed by atoms with Crippen LogP contribution in [0, 0.1) is 11.8 Å². The Labute approximate surface area is 82.5 Å². The molecule has 3 fully saturated rings. The van der Waals surface area contributed by atoms with Gasteiger partial charge < -0.3 is 9.73 Å². The van der Waals surface area contributed by atoms with E-state index in [1.807, 2.05) is 6.07 Å². The molecule has 2 aliphatic heterocycles. The van der Waals surface area contributed by atoms with E-state index in [1.54, 1.807) is 12.5 Å². The van der Waals surface area contributed by atoms with Crippen molar-refractivity contribution in [2.45, 2.75) is 18.9 Å². The fourth-order valence-electron chi connectivity index (χ4n) is 2.67. The van der Waals surface area contributed by atoms with Crippen LogP contribution in [0.2, 0.25) is 0 Å². The average molecular weight is 191 g/mol. The Bertz CT molecular complexity index is 330. The van der Waals surface area contributed by atoms with Gasteiger partial charge in [-0.05, 0) is 30.5 Å². The van der Waals surface area contributed by atoms with Gasteiger partial charge in [0.1, 0.15) is 5.78 Å². The van der Waals surface area contributed by atoms with E-state index in [9.17, 15) is 4.79 Å². The molecule has 1 aliphatic carbocycles. The van der Waals surface area contributed by atoms with Gasteiger partial charge in [0, 0.05) is 18.4 Å². The summed E-state index contributed by atoms with van der Waals surface area (Å²) in [6.07, 6.45) is 5.01. The molecule has 3 unspecified atom stereocenters. The van der Waals surface area contributed by atoms with E-state index in [1.165, 1.54) is 6.42 Å². The molecule has 74 valence electrons. The van der Waals surface area contributed by atoms with Crippen LogP contribution in [0.15, 0.2) is 23.0 Å². The third-order valence-electron chi connectivity index (χ3n) is 3.47. The number of Topliss-reactive ketones (excluding diaryl/α,β-unsaturated/α-hetero) is 1. The van der Waals surface area contributed by atoms with Gasteiger partial charge in [-0.3, -0.25) is 4.79 Å². The van der Waals surface area contributed by atoms with E-state index in [0.29, 0.717) is 24.2 Å². The predicted octanol–water partition coefficient (Wildman–Crippen LogP) is 0.999. The van der Waals surface area contributed by atoms with Gasteiger partial charge in [-0.2, -0.15) is 0 Å². The highest BCUT2D eigenvalue weighted by Crippen LogP contribution is 2.41. The summed E-state index contributed by atoms with van der Waals surface area (Å²) in [6.45, 7) is 1.03. The molecule has 1 aromatic heterocycles. The van der Waals surface area contributed by atoms with Crippen LogP contribution in [-0.4, -0.2) is 18.4 Å². The molecule has 14 heavy (non-hydrogen) atoms. The SMILES string of the molecule is O=C(Cc1ccoc1)C1C2CNC1C2. The van der Waals surface area contributed by atoms with E-state index in [2.05, 4.69) is 5.32 Å². The lowest BCUT2D eigenvalue weighted by molar-refractivity contribution is -0.126. The lowest BCUT2D eigenvalue weighted by Crippen LogP contribution is -2.42. The van der Waals surface area contributed by atoms with E-state index < -0.39 is 0 Å². The molecule has 0 spiro atoms. The largest absolute Gasteiger partial charge is 0.472 e. The number of hydrogen-bond acceptors (Lipinski definition) is 3. The first-order chi connectivity index (χ1) is 6.84. The Morgan fingerprint density at radius 1 is 1.64 bits per heavy atom. The summed E-state index contributed by atoms with van der Waals surface area (Å²) >= 11 is 0. The summed E-state index contributed by atoms with van der Waals surface area (Å²) < 4.78 is 4.95. The number of fused-ring (bicyclic) bond motifs is 1. The van der Waals surface area contributed by atoms with Crippen molar-refractivity contribution in [2.75, 3.05) is 6.54 Å². The van der Waals surface area contributed by atoms with Gasteiger partial charge in [-0.25, -0.2) is 0 Å². The van der Waals surface area contributed by atoms with Crippen LogP contribution in [0.25, 0.3) is 0 Å². The molecule has 3 atom stereocenters. The first-order valence-electron chi connectivity index (χ1n) is 5.12. The summed E-state index contributed by atoms with van der Waals surface area (Å²) in [6, 6.07) is 2.34. The van der Waals surface area contributed by atoms with Crippen molar-refractivity contribution in [3.8, 4) is 0 Å². The Morgan fingerprint density at radius 2 is 2.57 bits per heavy atom. The molecule has 3 heterocycles. The second-order valence-corrected chi connectivity index (χ2v) is 4.31. The number of ketones is 1. The molecule has 3 aliphatic rings. The molecule has 0 radical (unpaired) electrons. The van der Waals surface area contributed by atoms with Crippen molar-refractivity contribution in [3.05, 3.63) is 24.2 Å². The molecule has 1 N–H and O–H groups in total. The topological polar surface area (TPSA) is 42.2 Å². The van der Waals surface area contributed by atoms with Crippen LogP contribution in [0.5, 0.6) is 0 Å². The number of hydrogen-bond donors (Lipinski definition) is 1. The van der Waals surface area contributed by atoms with Gasteiger partial charge in [0.15, 0.2) is 0 Å². The van der Waals surface area contributed by atoms with Crippen molar-refractivity contribution in [2.24, 2.45) is 11.8 Å². The zero-order valence-corrected chi connectivity index (χ0v) is 7.90. The van der Waals surface area contributed by atoms with E-state index in [4.69, 9.17) is 4.42 Å². The number of nitrogens with one attached hydrogen (secondary N) is 1. The Morgan fingerprint density at radius 3 is 3.14 bits per heavy atom. The summed E-state index contributed by atoms with van der Waals surface area (Å²) in [4.78, 5) is 11.9. The molecule has 1 aromatic rings. The van der Waals surface area contributed by atoms with Crippen molar-refractivity contribution >= 4 is 5.78 Å². The number of carbonyl (C=O) groups is 1. The molecule has 0 aromatic carbocycles. The minimum atomic E-state index is 0.282. The normalized spacial score (nSPS) is 34.1. The van der Waals surface area contributed by atoms with Gasteiger partial charge >= 0.3 is 0 Å². The smallest absolute Gasteiger partial charge is 0.142 e. The summed E-state index contributed by atoms with van der Waals surface area (Å²) in [5.41, 5.74) is 1.00. The Hall–Kier alpha value is -1.09. The van der Waals surface area contributed by atoms with E-state index >= 15 is 0 Å². The highest BCUT2D eigenvalue weighted by atomic mass is 16.3. The molecule has 0 amide bonds. The number of furan rings is 1. The number of carbonyl (C=O) groups excluding carboxylic acids is 1. The fraction of sp³-hybridized carbons (Fsp3) is 0.545. The molecule has 3 heteroatoms. The van der Waals surface area contributed by atoms with Gasteiger partial charge in [0.05, 0.1) is 12.5 Å². The molecule has 2 bridgehead atoms. The first kappa shape index (κ1) is 8.24. The van der Waals surface area contributed by atoms with Gasteiger partial charge in [0.2, 0.25) is 0 Å². The fourth-order valence-corrected chi connectivity index (χ4v) is 2.67. The van der Waals surface area contributed by atoms with Crippen LogP contribution >= 0.6 is 0 Å². The lowest BCUT2D eigenvalue weighted by atomic mass is 9.70. The Balaban J connectivity index is 1.67. The maximum atomic E-state index is 11.9. The zero-order chi connectivity index (χ0) is 9.54. The molecule has 2 saturated heterocycles. The summed E-state index contributed by atoms with van der Waals surface area (Å²) in [7, 11) is 0. The predicted molar refractivity (Wildman–Crippen MR) is 50.8 cm³/mol. The Kier molecular flexibility index (Phi) is 1.74. The van der Waals surface area contributed by atoms with Crippen molar-refractivity contribution < 1.29 is 9.21 Å². The molecule has 3 nitrogen and oxygen atoms in total. The van der Waals surface area contributed by atoms with Crippen molar-refractivity contribution in [1.82, 2.24) is 5.32 Å². The second-order valence-electron chi connectivity index (χ2n) is 4.31. The van der Waals surface area contributed by atoms with Crippen LogP contribution in [0.3, 0.4) is 0 Å². The standard InChI is InChI=1S/C11H13NO2/c13-10(3-7-1-2-14-6-7)11-8-4-9(11)12-5-8/h1-2,6,8-9,11-12H,3-5H2. The second kappa shape index (κ2) is 2.95. The van der Waals surface area contributed by atoms with Crippen LogP contribution in [0.4, 0.5) is 0 Å². The molecular weight excluding hydrogens is 178 g/mol.